The number of Topliss-reactive ketones (excluding diaryl/α,β-unsaturated/α-hetero) is 1. The quantitative estimate of drug-likeness (QED) is 0.0159. The van der Waals surface area contributed by atoms with Gasteiger partial charge in [0.1, 0.15) is 54.3 Å². The fourth-order valence-corrected chi connectivity index (χ4v) is 16.5. The summed E-state index contributed by atoms with van der Waals surface area (Å²) in [7, 11) is -10.0. The van der Waals surface area contributed by atoms with Gasteiger partial charge in [-0.05, 0) is 74.3 Å². The molecule has 33 nitrogen and oxygen atoms in total. The molecule has 1 unspecified atom stereocenters. The van der Waals surface area contributed by atoms with Crippen LogP contribution in [0, 0.1) is 5.92 Å². The molecular weight excluding hydrogens is 1330 g/mol. The standard InChI is InChI=1S/C58H75N5O24P2S2.4H3N/c1-28(2)48(62-40(66)13-7-6-8-18-63-41(67)22-38(56(63)75)91-20-10-19-90-27-43(88(78,79)80)89(81,82)83)55(74)59-29(3)54(73)60-32-16-14-31(15-17-32)26-85-57(76)61-35-21-42(86-30(4)49(35)68)87-37-24-58(77,39(65)25-64)23-34-45(37)53(72)47-46(51(34)70)50(69)33-11-9-12-36(84-5)44(33)52(47)71;;;;/h9,11-12,14-17,28-30,35,37-38,42-43,48-49,64,68,70,72,77H,6-8,10,13,18-27H2,1-5H3,(H,59,74)(H,60,73)(H,61,76)(H,62,66)(H2,78,79,80)(H2,81,82,83);4*1H3/t29-,30-,35-,37-,38?,42-,48-,49+,58-;;;;/m0..../s1. The van der Waals surface area contributed by atoms with Crippen molar-refractivity contribution in [1.29, 1.82) is 0 Å². The number of carbonyl (C=O) groups excluding carboxylic acids is 9. The molecule has 530 valence electrons. The minimum Gasteiger partial charge on any atom is -0.810 e. The number of likely N-dealkylation sites (tertiary alicyclic amines) is 1. The number of hydrogen-bond donors (Lipinski definition) is 13. The topological polar surface area (TPSA) is 615 Å². The molecule has 6 amide bonds. The monoisotopic (exact) mass is 1420 g/mol. The number of aliphatic hydroxyl groups is 3. The average molecular weight is 1420 g/mol. The van der Waals surface area contributed by atoms with Crippen molar-refractivity contribution in [3.8, 4) is 17.2 Å². The number of imide groups is 1. The van der Waals surface area contributed by atoms with Crippen LogP contribution in [0.4, 0.5) is 10.5 Å². The van der Waals surface area contributed by atoms with Crippen molar-refractivity contribution < 1.29 is 116 Å². The molecule has 25 N–H and O–H groups in total. The molecular formula is C58H87N9O24P2S2. The van der Waals surface area contributed by atoms with Gasteiger partial charge in [-0.2, -0.15) is 11.8 Å². The molecule has 4 aliphatic rings. The molecule has 0 saturated carbocycles. The lowest BCUT2D eigenvalue weighted by molar-refractivity contribution is -0.329. The number of rotatable bonds is 29. The molecule has 2 heterocycles. The predicted octanol–water partition coefficient (Wildman–Crippen LogP) is 1.76. The van der Waals surface area contributed by atoms with Crippen molar-refractivity contribution >= 4 is 97.4 Å². The van der Waals surface area contributed by atoms with Crippen LogP contribution in [0.15, 0.2) is 42.5 Å². The predicted molar refractivity (Wildman–Crippen MR) is 341 cm³/mol. The number of benzene rings is 3. The van der Waals surface area contributed by atoms with Crippen molar-refractivity contribution in [3.63, 3.8) is 0 Å². The van der Waals surface area contributed by atoms with Gasteiger partial charge in [-0.15, -0.1) is 11.8 Å². The average Bonchev–Trinajstić information content (AvgIpc) is 0.841. The number of anilines is 1. The minimum absolute atomic E-state index is 0. The van der Waals surface area contributed by atoms with E-state index in [-0.39, 0.29) is 109 Å². The summed E-state index contributed by atoms with van der Waals surface area (Å²) in [6.07, 6.45) is -6.38. The summed E-state index contributed by atoms with van der Waals surface area (Å²) < 4.78 is 45.3. The first-order chi connectivity index (χ1) is 42.8. The van der Waals surface area contributed by atoms with Gasteiger partial charge in [-0.3, -0.25) is 43.3 Å². The summed E-state index contributed by atoms with van der Waals surface area (Å²) in [5.74, 6) is -7.34. The van der Waals surface area contributed by atoms with Crippen LogP contribution in [0.3, 0.4) is 0 Å². The maximum atomic E-state index is 14.1. The van der Waals surface area contributed by atoms with E-state index in [1.165, 1.54) is 63.1 Å². The molecule has 0 aromatic heterocycles. The van der Waals surface area contributed by atoms with E-state index < -0.39 is 163 Å². The molecule has 37 heteroatoms. The Morgan fingerprint density at radius 2 is 1.49 bits per heavy atom. The summed E-state index contributed by atoms with van der Waals surface area (Å²) in [6, 6.07) is 7.12. The molecule has 0 bridgehead atoms. The minimum atomic E-state index is -5.65. The number of alkyl carbamates (subject to hydrolysis) is 1. The smallest absolute Gasteiger partial charge is 0.407 e. The van der Waals surface area contributed by atoms with E-state index in [0.717, 1.165) is 16.7 Å². The lowest BCUT2D eigenvalue weighted by Gasteiger charge is -2.49. The van der Waals surface area contributed by atoms with Gasteiger partial charge in [0.25, 0.3) is 0 Å². The lowest BCUT2D eigenvalue weighted by atomic mass is 9.72. The van der Waals surface area contributed by atoms with Crippen LogP contribution in [0.25, 0.3) is 0 Å². The van der Waals surface area contributed by atoms with Crippen LogP contribution >= 0.6 is 38.7 Å². The van der Waals surface area contributed by atoms with Gasteiger partial charge in [-0.25, -0.2) is 4.79 Å². The molecule has 2 aliphatic heterocycles. The Balaban J connectivity index is 0.00000588. The number of unbranched alkanes of at least 4 members (excludes halogenated alkanes) is 2. The zero-order valence-electron chi connectivity index (χ0n) is 54.1. The Kier molecular flexibility index (Phi) is 30.6. The lowest BCUT2D eigenvalue weighted by Crippen LogP contribution is -2.56. The Bertz CT molecular complexity index is 3370. The normalized spacial score (nSPS) is 21.3. The SMILES string of the molecule is COc1cccc2c1C(=O)c1c(O)c3c(c(O)c1C2=O)C[C@@](O)(C(=O)CO)C[C@@H]3O[C@H]1C[C@H](NC(=O)OCc2ccc(NC(=O)[C@H](C)NC(=O)[C@@H](NC(=O)CCCCCN3C(=O)CC(SCCCSCC(P(=O)([O-])[O-])P(=O)([O-])[O-])C3=O)C(C)C)cc2)[C@H](O)[C@H](C)O1.[NH4+].[NH4+].[NH4+].[NH4+]. The zero-order valence-corrected chi connectivity index (χ0v) is 57.5. The van der Waals surface area contributed by atoms with Gasteiger partial charge in [0, 0.05) is 72.2 Å². The third kappa shape index (κ3) is 19.9. The van der Waals surface area contributed by atoms with Crippen LogP contribution < -0.4 is 70.2 Å². The first-order valence-corrected chi connectivity index (χ1v) is 34.4. The fraction of sp³-hybridized carbons (Fsp3) is 0.534. The van der Waals surface area contributed by atoms with Gasteiger partial charge in [0.05, 0.1) is 47.3 Å². The van der Waals surface area contributed by atoms with Crippen LogP contribution in [-0.4, -0.2) is 174 Å². The number of fused-ring (bicyclic) bond motifs is 3. The highest BCUT2D eigenvalue weighted by molar-refractivity contribution is 8.01. The van der Waals surface area contributed by atoms with Crippen molar-refractivity contribution in [2.45, 2.75) is 151 Å². The van der Waals surface area contributed by atoms with Crippen molar-refractivity contribution in [1.82, 2.24) is 45.5 Å². The van der Waals surface area contributed by atoms with Crippen molar-refractivity contribution in [3.05, 3.63) is 81.4 Å². The number of aliphatic hydroxyl groups excluding tert-OH is 2. The molecule has 2 saturated heterocycles. The second-order valence-electron chi connectivity index (χ2n) is 22.8. The second-order valence-corrected chi connectivity index (χ2v) is 29.0. The van der Waals surface area contributed by atoms with E-state index >= 15 is 0 Å². The number of methoxy groups -OCH3 is 1. The largest absolute Gasteiger partial charge is 0.810 e. The Labute approximate surface area is 555 Å². The fourth-order valence-electron chi connectivity index (χ4n) is 11.0. The number of nitrogens with zero attached hydrogens (tertiary/aromatic N) is 1. The number of hydrogen-bond acceptors (Lipinski definition) is 26. The summed E-state index contributed by atoms with van der Waals surface area (Å²) in [5, 5.41) is 63.5. The molecule has 0 spiro atoms. The van der Waals surface area contributed by atoms with E-state index in [1.807, 2.05) is 0 Å². The zero-order chi connectivity index (χ0) is 67.0. The number of phenols is 2. The summed E-state index contributed by atoms with van der Waals surface area (Å²) in [5.41, 5.74) is -3.70. The van der Waals surface area contributed by atoms with Gasteiger partial charge in [0.2, 0.25) is 35.3 Å². The van der Waals surface area contributed by atoms with Crippen LogP contribution in [-0.2, 0) is 65.1 Å². The number of quaternary nitrogens is 4. The number of phenolic OH excluding ortho intramolecular Hbond substituents is 2. The molecule has 7 rings (SSSR count). The van der Waals surface area contributed by atoms with E-state index in [4.69, 9.17) is 18.9 Å². The number of aromatic hydroxyl groups is 2. The summed E-state index contributed by atoms with van der Waals surface area (Å²) in [4.78, 5) is 165. The highest BCUT2D eigenvalue weighted by atomic mass is 32.2. The van der Waals surface area contributed by atoms with E-state index in [9.17, 15) is 97.4 Å². The first-order valence-electron chi connectivity index (χ1n) is 29.0. The van der Waals surface area contributed by atoms with Gasteiger partial charge >= 0.3 is 6.09 Å². The van der Waals surface area contributed by atoms with Crippen molar-refractivity contribution in [2.75, 3.05) is 42.8 Å². The Morgan fingerprint density at radius 3 is 2.12 bits per heavy atom. The van der Waals surface area contributed by atoms with Crippen LogP contribution in [0.5, 0.6) is 17.2 Å². The number of thioether (sulfide) groups is 2. The molecule has 3 aromatic rings. The Morgan fingerprint density at radius 1 is 0.842 bits per heavy atom. The van der Waals surface area contributed by atoms with Crippen LogP contribution in [0.2, 0.25) is 0 Å². The number of carbonyl (C=O) groups is 9. The van der Waals surface area contributed by atoms with Gasteiger partial charge in [-0.1, -0.05) is 59.7 Å². The van der Waals surface area contributed by atoms with E-state index in [2.05, 4.69) is 21.3 Å². The summed E-state index contributed by atoms with van der Waals surface area (Å²) in [6.45, 7) is 5.01. The molecule has 2 fully saturated rings. The molecule has 2 aliphatic carbocycles. The maximum absolute atomic E-state index is 14.1. The first kappa shape index (κ1) is 82.8. The molecule has 9 atom stereocenters. The highest BCUT2D eigenvalue weighted by Gasteiger charge is 2.51. The molecule has 0 radical (unpaired) electrons. The third-order valence-electron chi connectivity index (χ3n) is 15.9. The Hall–Kier alpha value is -6.47. The van der Waals surface area contributed by atoms with E-state index in [1.54, 1.807) is 26.0 Å². The highest BCUT2D eigenvalue weighted by Crippen LogP contribution is 2.53. The maximum Gasteiger partial charge on any atom is 0.407 e. The number of amides is 6. The van der Waals surface area contributed by atoms with Crippen LogP contribution in [0.1, 0.15) is 134 Å². The third-order valence-corrected chi connectivity index (χ3v) is 22.4. The number of ketones is 3. The van der Waals surface area contributed by atoms with Gasteiger partial charge < -0.3 is 119 Å². The molecule has 95 heavy (non-hydrogen) atoms. The van der Waals surface area contributed by atoms with Crippen molar-refractivity contribution in [2.24, 2.45) is 5.92 Å². The summed E-state index contributed by atoms with van der Waals surface area (Å²) >= 11 is 2.01. The number of nitrogens with one attached hydrogen (secondary N) is 4. The molecule has 3 aromatic carbocycles. The second kappa shape index (κ2) is 35.2. The van der Waals surface area contributed by atoms with Gasteiger partial charge in [0.15, 0.2) is 17.9 Å². The number of ether oxygens (including phenoxy) is 4. The van der Waals surface area contributed by atoms with E-state index in [0.29, 0.717) is 42.7 Å².